The van der Waals surface area contributed by atoms with Crippen LogP contribution >= 0.6 is 0 Å². The Kier molecular flexibility index (Phi) is 5.49. The van der Waals surface area contributed by atoms with E-state index in [9.17, 15) is 13.0 Å². The highest BCUT2D eigenvalue weighted by molar-refractivity contribution is 7.87. The number of allylic oxidation sites excluding steroid dienone is 1. The Balaban J connectivity index is 1.71. The summed E-state index contributed by atoms with van der Waals surface area (Å²) in [5, 5.41) is 0. The minimum Gasteiger partial charge on any atom is -0.347 e. The van der Waals surface area contributed by atoms with E-state index < -0.39 is 15.0 Å². The third-order valence-electron chi connectivity index (χ3n) is 4.57. The molecule has 0 spiro atoms. The van der Waals surface area contributed by atoms with Gasteiger partial charge in [0.1, 0.15) is 0 Å². The summed E-state index contributed by atoms with van der Waals surface area (Å²) in [7, 11) is -4.09. The molecule has 2 aliphatic heterocycles. The SMILES string of the molecule is CCCCCCCCCCN1C2=CCC1(S(=O)(=O)O)C=C2. The Morgan fingerprint density at radius 2 is 1.76 bits per heavy atom. The summed E-state index contributed by atoms with van der Waals surface area (Å²) in [6.07, 6.45) is 15.5. The van der Waals surface area contributed by atoms with E-state index >= 15 is 0 Å². The molecule has 2 aliphatic rings. The molecule has 0 fully saturated rings. The maximum absolute atomic E-state index is 11.7. The van der Waals surface area contributed by atoms with Gasteiger partial charge in [-0.1, -0.05) is 57.9 Å². The van der Waals surface area contributed by atoms with Gasteiger partial charge in [0.2, 0.25) is 0 Å². The van der Waals surface area contributed by atoms with Crippen molar-refractivity contribution in [3.63, 3.8) is 0 Å². The van der Waals surface area contributed by atoms with Crippen LogP contribution in [0.3, 0.4) is 0 Å². The van der Waals surface area contributed by atoms with Crippen LogP contribution < -0.4 is 0 Å². The van der Waals surface area contributed by atoms with Crippen molar-refractivity contribution in [1.29, 1.82) is 0 Å². The van der Waals surface area contributed by atoms with Gasteiger partial charge in [-0.25, -0.2) is 0 Å². The van der Waals surface area contributed by atoms with Crippen molar-refractivity contribution in [3.8, 4) is 0 Å². The standard InChI is InChI=1S/C16H27NO3S/c1-2-3-4-5-6-7-8-9-14-17-15-10-12-16(17,13-11-15)21(18,19)20/h10-12H,2-9,13-14H2,1H3,(H,18,19,20). The fourth-order valence-electron chi connectivity index (χ4n) is 3.27. The third kappa shape index (κ3) is 3.51. The number of unbranched alkanes of at least 4 members (excludes halogenated alkanes) is 7. The summed E-state index contributed by atoms with van der Waals surface area (Å²) in [5.74, 6) is 0. The van der Waals surface area contributed by atoms with Crippen LogP contribution in [0.2, 0.25) is 0 Å². The van der Waals surface area contributed by atoms with E-state index in [0.29, 0.717) is 13.0 Å². The quantitative estimate of drug-likeness (QED) is 0.491. The van der Waals surface area contributed by atoms with Gasteiger partial charge in [-0.3, -0.25) is 4.55 Å². The molecule has 4 nitrogen and oxygen atoms in total. The maximum Gasteiger partial charge on any atom is 0.293 e. The van der Waals surface area contributed by atoms with E-state index in [-0.39, 0.29) is 0 Å². The lowest BCUT2D eigenvalue weighted by Gasteiger charge is -2.32. The van der Waals surface area contributed by atoms with Gasteiger partial charge in [0, 0.05) is 18.7 Å². The highest BCUT2D eigenvalue weighted by Gasteiger charge is 2.52. The van der Waals surface area contributed by atoms with Crippen molar-refractivity contribution >= 4 is 10.1 Å². The van der Waals surface area contributed by atoms with Crippen LogP contribution in [-0.4, -0.2) is 29.3 Å². The van der Waals surface area contributed by atoms with Crippen LogP contribution in [0.4, 0.5) is 0 Å². The summed E-state index contributed by atoms with van der Waals surface area (Å²) in [5.41, 5.74) is 0.940. The Bertz CT molecular complexity index is 510. The van der Waals surface area contributed by atoms with Crippen LogP contribution in [-0.2, 0) is 10.1 Å². The molecule has 0 saturated heterocycles. The minimum atomic E-state index is -4.09. The van der Waals surface area contributed by atoms with Crippen molar-refractivity contribution in [2.24, 2.45) is 0 Å². The van der Waals surface area contributed by atoms with Crippen LogP contribution in [0.25, 0.3) is 0 Å². The average Bonchev–Trinajstić information content (AvgIpc) is 2.98. The van der Waals surface area contributed by atoms with Gasteiger partial charge in [-0.2, -0.15) is 8.42 Å². The molecule has 1 unspecified atom stereocenters. The average molecular weight is 313 g/mol. The molecule has 1 atom stereocenters. The van der Waals surface area contributed by atoms with Crippen molar-refractivity contribution in [2.75, 3.05) is 6.54 Å². The molecule has 0 aromatic rings. The van der Waals surface area contributed by atoms with Crippen LogP contribution in [0.1, 0.15) is 64.7 Å². The molecule has 0 amide bonds. The van der Waals surface area contributed by atoms with Crippen LogP contribution in [0.5, 0.6) is 0 Å². The van der Waals surface area contributed by atoms with Gasteiger partial charge in [0.05, 0.1) is 0 Å². The zero-order valence-corrected chi connectivity index (χ0v) is 13.7. The molecular formula is C16H27NO3S. The van der Waals surface area contributed by atoms with E-state index in [1.807, 2.05) is 17.1 Å². The first-order chi connectivity index (χ1) is 10.0. The molecule has 1 N–H and O–H groups in total. The topological polar surface area (TPSA) is 57.6 Å². The monoisotopic (exact) mass is 313 g/mol. The van der Waals surface area contributed by atoms with E-state index in [4.69, 9.17) is 0 Å². The predicted octanol–water partition coefficient (Wildman–Crippen LogP) is 3.87. The van der Waals surface area contributed by atoms with Gasteiger partial charge >= 0.3 is 0 Å². The highest BCUT2D eigenvalue weighted by atomic mass is 32.2. The summed E-state index contributed by atoms with van der Waals surface area (Å²) in [6.45, 7) is 2.92. The highest BCUT2D eigenvalue weighted by Crippen LogP contribution is 2.43. The molecule has 0 saturated carbocycles. The van der Waals surface area contributed by atoms with E-state index in [1.54, 1.807) is 6.08 Å². The summed E-state index contributed by atoms with van der Waals surface area (Å²) in [4.78, 5) is 0.642. The number of fused-ring (bicyclic) bond motifs is 2. The Hall–Kier alpha value is -0.810. The maximum atomic E-state index is 11.7. The Morgan fingerprint density at radius 1 is 1.14 bits per heavy atom. The molecule has 2 heterocycles. The van der Waals surface area contributed by atoms with Gasteiger partial charge in [-0.05, 0) is 18.6 Å². The predicted molar refractivity (Wildman–Crippen MR) is 85.4 cm³/mol. The van der Waals surface area contributed by atoms with E-state index in [2.05, 4.69) is 6.92 Å². The van der Waals surface area contributed by atoms with Crippen LogP contribution in [0, 0.1) is 0 Å². The van der Waals surface area contributed by atoms with Gasteiger partial charge < -0.3 is 4.90 Å². The van der Waals surface area contributed by atoms with Gasteiger partial charge in [0.25, 0.3) is 10.1 Å². The van der Waals surface area contributed by atoms with Crippen molar-refractivity contribution < 1.29 is 13.0 Å². The Morgan fingerprint density at radius 3 is 2.29 bits per heavy atom. The molecule has 120 valence electrons. The molecule has 2 rings (SSSR count). The second-order valence-electron chi connectivity index (χ2n) is 6.11. The molecule has 5 heteroatoms. The first-order valence-electron chi connectivity index (χ1n) is 8.15. The van der Waals surface area contributed by atoms with Gasteiger partial charge in [0.15, 0.2) is 4.87 Å². The summed E-state index contributed by atoms with van der Waals surface area (Å²) >= 11 is 0. The fourth-order valence-corrected chi connectivity index (χ4v) is 4.28. The second kappa shape index (κ2) is 6.97. The largest absolute Gasteiger partial charge is 0.347 e. The van der Waals surface area contributed by atoms with Crippen molar-refractivity contribution in [2.45, 2.75) is 69.6 Å². The Labute approximate surface area is 128 Å². The van der Waals surface area contributed by atoms with Crippen LogP contribution in [0.15, 0.2) is 23.9 Å². The number of hydrogen-bond acceptors (Lipinski definition) is 3. The fraction of sp³-hybridized carbons (Fsp3) is 0.750. The summed E-state index contributed by atoms with van der Waals surface area (Å²) < 4.78 is 32.9. The van der Waals surface area contributed by atoms with E-state index in [0.717, 1.165) is 18.5 Å². The molecule has 2 bridgehead atoms. The molecule has 21 heavy (non-hydrogen) atoms. The van der Waals surface area contributed by atoms with Crippen molar-refractivity contribution in [1.82, 2.24) is 4.90 Å². The zero-order valence-electron chi connectivity index (χ0n) is 12.9. The van der Waals surface area contributed by atoms with Crippen molar-refractivity contribution in [3.05, 3.63) is 23.9 Å². The molecule has 0 aromatic carbocycles. The first-order valence-corrected chi connectivity index (χ1v) is 9.59. The summed E-state index contributed by atoms with van der Waals surface area (Å²) in [6, 6.07) is 0. The smallest absolute Gasteiger partial charge is 0.293 e. The van der Waals surface area contributed by atoms with E-state index in [1.165, 1.54) is 38.5 Å². The van der Waals surface area contributed by atoms with Gasteiger partial charge in [-0.15, -0.1) is 0 Å². The minimum absolute atomic E-state index is 0.370. The lowest BCUT2D eigenvalue weighted by atomic mass is 10.1. The second-order valence-corrected chi connectivity index (χ2v) is 7.77. The lowest BCUT2D eigenvalue weighted by molar-refractivity contribution is 0.271. The third-order valence-corrected chi connectivity index (χ3v) is 5.99. The molecular weight excluding hydrogens is 286 g/mol. The number of rotatable bonds is 10. The molecule has 0 aromatic heterocycles. The number of hydrogen-bond donors (Lipinski definition) is 1. The number of nitrogens with zero attached hydrogens (tertiary/aromatic N) is 1. The first kappa shape index (κ1) is 16.6. The normalized spacial score (nSPS) is 23.9. The zero-order chi connectivity index (χ0) is 15.3. The molecule has 0 aliphatic carbocycles. The lowest BCUT2D eigenvalue weighted by Crippen LogP contribution is -2.46. The molecule has 0 radical (unpaired) electrons.